The molecule has 6 heteroatoms. The summed E-state index contributed by atoms with van der Waals surface area (Å²) in [4.78, 5) is 31.2. The molecule has 1 aromatic carbocycles. The van der Waals surface area contributed by atoms with E-state index >= 15 is 0 Å². The molecule has 1 aliphatic carbocycles. The van der Waals surface area contributed by atoms with Gasteiger partial charge in [0.05, 0.1) is 12.0 Å². The van der Waals surface area contributed by atoms with Crippen molar-refractivity contribution in [3.05, 3.63) is 46.4 Å². The standard InChI is InChI=1S/C18H21N3O3/c1-2-12-10-16(23)21-17(19-12)11-5-3-6-13(9-11)20-18(24)14-7-4-8-15(14)22/h3,5-6,9-10,14-15,22H,2,4,7-8H2,1H3,(H,20,24)(H,19,21,23). The number of amides is 1. The van der Waals surface area contributed by atoms with Gasteiger partial charge in [-0.1, -0.05) is 19.1 Å². The summed E-state index contributed by atoms with van der Waals surface area (Å²) in [6.07, 6.45) is 2.36. The van der Waals surface area contributed by atoms with Gasteiger partial charge in [-0.2, -0.15) is 0 Å². The van der Waals surface area contributed by atoms with Gasteiger partial charge in [0.1, 0.15) is 5.82 Å². The lowest BCUT2D eigenvalue weighted by atomic mass is 10.0. The summed E-state index contributed by atoms with van der Waals surface area (Å²) in [6, 6.07) is 8.67. The Kier molecular flexibility index (Phi) is 4.76. The Morgan fingerprint density at radius 2 is 2.21 bits per heavy atom. The van der Waals surface area contributed by atoms with E-state index in [9.17, 15) is 14.7 Å². The molecule has 1 fully saturated rings. The molecule has 0 bridgehead atoms. The number of aliphatic hydroxyl groups excluding tert-OH is 1. The Morgan fingerprint density at radius 3 is 2.92 bits per heavy atom. The topological polar surface area (TPSA) is 95.1 Å². The van der Waals surface area contributed by atoms with Crippen molar-refractivity contribution < 1.29 is 9.90 Å². The van der Waals surface area contributed by atoms with Crippen molar-refractivity contribution in [2.75, 3.05) is 5.32 Å². The number of hydrogen-bond acceptors (Lipinski definition) is 4. The van der Waals surface area contributed by atoms with E-state index in [0.29, 0.717) is 30.8 Å². The van der Waals surface area contributed by atoms with Crippen LogP contribution in [0.5, 0.6) is 0 Å². The van der Waals surface area contributed by atoms with Crippen LogP contribution in [0.3, 0.4) is 0 Å². The van der Waals surface area contributed by atoms with Crippen molar-refractivity contribution in [2.45, 2.75) is 38.7 Å². The quantitative estimate of drug-likeness (QED) is 0.801. The van der Waals surface area contributed by atoms with Crippen molar-refractivity contribution in [1.82, 2.24) is 9.97 Å². The average Bonchev–Trinajstić information content (AvgIpc) is 3.00. The maximum Gasteiger partial charge on any atom is 0.251 e. The van der Waals surface area contributed by atoms with Gasteiger partial charge < -0.3 is 15.4 Å². The van der Waals surface area contributed by atoms with Crippen LogP contribution in [0.25, 0.3) is 11.4 Å². The van der Waals surface area contributed by atoms with Crippen LogP contribution in [0.15, 0.2) is 35.1 Å². The lowest BCUT2D eigenvalue weighted by Crippen LogP contribution is -2.28. The van der Waals surface area contributed by atoms with Gasteiger partial charge in [0, 0.05) is 23.0 Å². The number of anilines is 1. The maximum absolute atomic E-state index is 12.3. The summed E-state index contributed by atoms with van der Waals surface area (Å²) in [5.74, 6) is -0.0349. The number of rotatable bonds is 4. The molecule has 1 aliphatic rings. The zero-order valence-electron chi connectivity index (χ0n) is 13.6. The number of aliphatic hydroxyl groups is 1. The smallest absolute Gasteiger partial charge is 0.251 e. The fraction of sp³-hybridized carbons (Fsp3) is 0.389. The van der Waals surface area contributed by atoms with Crippen LogP contribution in [-0.4, -0.2) is 27.1 Å². The van der Waals surface area contributed by atoms with Crippen LogP contribution in [0, 0.1) is 5.92 Å². The molecule has 6 nitrogen and oxygen atoms in total. The van der Waals surface area contributed by atoms with Crippen LogP contribution in [0.2, 0.25) is 0 Å². The zero-order valence-corrected chi connectivity index (χ0v) is 13.6. The van der Waals surface area contributed by atoms with Crippen LogP contribution >= 0.6 is 0 Å². The van der Waals surface area contributed by atoms with Crippen molar-refractivity contribution in [3.63, 3.8) is 0 Å². The van der Waals surface area contributed by atoms with E-state index in [2.05, 4.69) is 15.3 Å². The normalized spacial score (nSPS) is 20.1. The molecule has 0 saturated heterocycles. The number of aromatic nitrogens is 2. The third-order valence-electron chi connectivity index (χ3n) is 4.38. The third kappa shape index (κ3) is 3.54. The van der Waals surface area contributed by atoms with E-state index in [1.54, 1.807) is 18.2 Å². The molecule has 2 aromatic rings. The van der Waals surface area contributed by atoms with Crippen LogP contribution in [0.1, 0.15) is 31.9 Å². The molecule has 1 heterocycles. The number of H-pyrrole nitrogens is 1. The Balaban J connectivity index is 1.83. The molecule has 1 saturated carbocycles. The minimum absolute atomic E-state index is 0.166. The molecule has 2 atom stereocenters. The van der Waals surface area contributed by atoms with Crippen LogP contribution in [-0.2, 0) is 11.2 Å². The zero-order chi connectivity index (χ0) is 17.1. The Bertz CT molecular complexity index is 800. The molecule has 1 aromatic heterocycles. The molecule has 24 heavy (non-hydrogen) atoms. The highest BCUT2D eigenvalue weighted by molar-refractivity contribution is 5.93. The molecule has 0 aliphatic heterocycles. The monoisotopic (exact) mass is 327 g/mol. The van der Waals surface area contributed by atoms with Gasteiger partial charge in [0.25, 0.3) is 5.56 Å². The van der Waals surface area contributed by atoms with E-state index < -0.39 is 6.10 Å². The molecule has 0 radical (unpaired) electrons. The fourth-order valence-corrected chi connectivity index (χ4v) is 3.05. The second-order valence-corrected chi connectivity index (χ2v) is 6.11. The van der Waals surface area contributed by atoms with Crippen molar-refractivity contribution >= 4 is 11.6 Å². The van der Waals surface area contributed by atoms with Gasteiger partial charge in [-0.3, -0.25) is 9.59 Å². The highest BCUT2D eigenvalue weighted by Gasteiger charge is 2.31. The van der Waals surface area contributed by atoms with Crippen LogP contribution < -0.4 is 10.9 Å². The molecular weight excluding hydrogens is 306 g/mol. The lowest BCUT2D eigenvalue weighted by Gasteiger charge is -2.14. The van der Waals surface area contributed by atoms with Gasteiger partial charge in [0.2, 0.25) is 5.91 Å². The van der Waals surface area contributed by atoms with E-state index in [1.165, 1.54) is 6.07 Å². The molecule has 3 rings (SSSR count). The summed E-state index contributed by atoms with van der Waals surface area (Å²) < 4.78 is 0. The highest BCUT2D eigenvalue weighted by Crippen LogP contribution is 2.27. The van der Waals surface area contributed by atoms with Gasteiger partial charge in [-0.15, -0.1) is 0 Å². The predicted molar refractivity (Wildman–Crippen MR) is 91.6 cm³/mol. The molecule has 2 unspecified atom stereocenters. The SMILES string of the molecule is CCc1cc(=O)[nH]c(-c2cccc(NC(=O)C3CCCC3O)c2)n1. The fourth-order valence-electron chi connectivity index (χ4n) is 3.05. The van der Waals surface area contributed by atoms with Crippen molar-refractivity contribution in [3.8, 4) is 11.4 Å². The number of nitrogens with zero attached hydrogens (tertiary/aromatic N) is 1. The number of benzene rings is 1. The molecule has 0 spiro atoms. The predicted octanol–water partition coefficient (Wildman–Crippen LogP) is 2.10. The van der Waals surface area contributed by atoms with E-state index in [4.69, 9.17) is 0 Å². The third-order valence-corrected chi connectivity index (χ3v) is 4.38. The molecule has 126 valence electrons. The van der Waals surface area contributed by atoms with Gasteiger partial charge in [-0.05, 0) is 37.8 Å². The minimum atomic E-state index is -0.563. The number of aryl methyl sites for hydroxylation is 1. The van der Waals surface area contributed by atoms with Gasteiger partial charge >= 0.3 is 0 Å². The first-order chi connectivity index (χ1) is 11.6. The first kappa shape index (κ1) is 16.4. The summed E-state index contributed by atoms with van der Waals surface area (Å²) in [5, 5.41) is 12.7. The van der Waals surface area contributed by atoms with E-state index in [-0.39, 0.29) is 17.4 Å². The number of hydrogen-bond donors (Lipinski definition) is 3. The maximum atomic E-state index is 12.3. The highest BCUT2D eigenvalue weighted by atomic mass is 16.3. The Hall–Kier alpha value is -2.47. The van der Waals surface area contributed by atoms with Crippen molar-refractivity contribution in [2.24, 2.45) is 5.92 Å². The number of carbonyl (C=O) groups excluding carboxylic acids is 1. The summed E-state index contributed by atoms with van der Waals surface area (Å²) in [5.41, 5.74) is 1.88. The van der Waals surface area contributed by atoms with Crippen LogP contribution in [0.4, 0.5) is 5.69 Å². The summed E-state index contributed by atoms with van der Waals surface area (Å²) in [6.45, 7) is 1.94. The van der Waals surface area contributed by atoms with E-state index in [0.717, 1.165) is 17.7 Å². The van der Waals surface area contributed by atoms with Gasteiger partial charge in [-0.25, -0.2) is 4.98 Å². The Labute approximate surface area is 140 Å². The summed E-state index contributed by atoms with van der Waals surface area (Å²) >= 11 is 0. The molecule has 3 N–H and O–H groups in total. The number of carbonyl (C=O) groups is 1. The van der Waals surface area contributed by atoms with Gasteiger partial charge in [0.15, 0.2) is 0 Å². The lowest BCUT2D eigenvalue weighted by molar-refractivity contribution is -0.122. The van der Waals surface area contributed by atoms with E-state index in [1.807, 2.05) is 13.0 Å². The molecular formula is C18H21N3O3. The summed E-state index contributed by atoms with van der Waals surface area (Å²) in [7, 11) is 0. The Morgan fingerprint density at radius 1 is 1.38 bits per heavy atom. The molecule has 1 amide bonds. The second kappa shape index (κ2) is 6.97. The second-order valence-electron chi connectivity index (χ2n) is 6.11. The van der Waals surface area contributed by atoms with Crippen molar-refractivity contribution in [1.29, 1.82) is 0 Å². The first-order valence-electron chi connectivity index (χ1n) is 8.26. The number of aromatic amines is 1. The minimum Gasteiger partial charge on any atom is -0.392 e. The first-order valence-corrected chi connectivity index (χ1v) is 8.26. The number of nitrogens with one attached hydrogen (secondary N) is 2. The largest absolute Gasteiger partial charge is 0.392 e. The average molecular weight is 327 g/mol.